The Bertz CT molecular complexity index is 1170. The third-order valence-corrected chi connectivity index (χ3v) is 8.52. The van der Waals surface area contributed by atoms with Crippen molar-refractivity contribution in [2.45, 2.75) is 64.8 Å². The molecule has 3 rings (SSSR count). The lowest BCUT2D eigenvalue weighted by Crippen LogP contribution is -2.67. The molecule has 0 bridgehead atoms. The van der Waals surface area contributed by atoms with Crippen LogP contribution in [0, 0.1) is 0 Å². The third kappa shape index (κ3) is 9.65. The van der Waals surface area contributed by atoms with Crippen LogP contribution < -0.4 is 15.9 Å². The Morgan fingerprint density at radius 1 is 0.732 bits per heavy atom. The maximum atomic E-state index is 13.4. The summed E-state index contributed by atoms with van der Waals surface area (Å²) < 4.78 is 27.1. The van der Waals surface area contributed by atoms with Crippen molar-refractivity contribution >= 4 is 48.3 Å². The van der Waals surface area contributed by atoms with Gasteiger partial charge in [0.1, 0.15) is 18.8 Å². The average molecular weight is 588 g/mol. The van der Waals surface area contributed by atoms with Gasteiger partial charge in [-0.15, -0.1) is 0 Å². The molecule has 2 aromatic rings. The fourth-order valence-corrected chi connectivity index (χ4v) is 6.72. The van der Waals surface area contributed by atoms with Gasteiger partial charge in [0.25, 0.3) is 0 Å². The minimum atomic E-state index is -1.43. The lowest BCUT2D eigenvalue weighted by Gasteiger charge is -2.44. The van der Waals surface area contributed by atoms with E-state index in [1.54, 1.807) is 0 Å². The average Bonchev–Trinajstić information content (AvgIpc) is 2.91. The van der Waals surface area contributed by atoms with E-state index in [0.717, 1.165) is 31.4 Å². The highest BCUT2D eigenvalue weighted by atomic mass is 31.1. The molecule has 1 heterocycles. The van der Waals surface area contributed by atoms with Crippen LogP contribution in [-0.4, -0.2) is 73.2 Å². The molecule has 1 fully saturated rings. The SMILES string of the molecule is CC(=O)OC[C@H]1O[C@@H](OC(C)=O)[C@H](NC(=O)CCP(c2ccccc2)c2ccccc2)[C@@H](OC(C)=O)[C@@H]1OC(C)=O. The molecule has 2 aromatic carbocycles. The quantitative estimate of drug-likeness (QED) is 0.234. The van der Waals surface area contributed by atoms with Gasteiger partial charge in [-0.25, -0.2) is 0 Å². The van der Waals surface area contributed by atoms with Crippen LogP contribution in [0.25, 0.3) is 0 Å². The molecule has 41 heavy (non-hydrogen) atoms. The molecule has 220 valence electrons. The summed E-state index contributed by atoms with van der Waals surface area (Å²) in [6, 6.07) is 18.5. The van der Waals surface area contributed by atoms with Crippen LogP contribution in [0.15, 0.2) is 60.7 Å². The largest absolute Gasteiger partial charge is 0.463 e. The maximum Gasteiger partial charge on any atom is 0.305 e. The highest BCUT2D eigenvalue weighted by molar-refractivity contribution is 7.73. The molecule has 11 nitrogen and oxygen atoms in total. The third-order valence-electron chi connectivity index (χ3n) is 6.01. The van der Waals surface area contributed by atoms with Gasteiger partial charge in [0.15, 0.2) is 12.2 Å². The van der Waals surface area contributed by atoms with Crippen LogP contribution in [0.2, 0.25) is 0 Å². The number of ether oxygens (including phenoxy) is 5. The van der Waals surface area contributed by atoms with Crippen molar-refractivity contribution in [3.63, 3.8) is 0 Å². The number of amides is 1. The van der Waals surface area contributed by atoms with E-state index in [0.29, 0.717) is 6.16 Å². The molecule has 0 aliphatic carbocycles. The molecule has 0 radical (unpaired) electrons. The number of hydrogen-bond donors (Lipinski definition) is 1. The van der Waals surface area contributed by atoms with Gasteiger partial charge in [0.05, 0.1) is 0 Å². The Morgan fingerprint density at radius 3 is 1.73 bits per heavy atom. The fourth-order valence-electron chi connectivity index (χ4n) is 4.41. The van der Waals surface area contributed by atoms with E-state index in [4.69, 9.17) is 23.7 Å². The summed E-state index contributed by atoms with van der Waals surface area (Å²) in [5.74, 6) is -3.25. The first-order valence-electron chi connectivity index (χ1n) is 13.0. The lowest BCUT2D eigenvalue weighted by molar-refractivity contribution is -0.271. The zero-order chi connectivity index (χ0) is 29.9. The van der Waals surface area contributed by atoms with Gasteiger partial charge in [0.2, 0.25) is 12.2 Å². The van der Waals surface area contributed by atoms with Crippen LogP contribution in [0.3, 0.4) is 0 Å². The second-order valence-electron chi connectivity index (χ2n) is 9.27. The van der Waals surface area contributed by atoms with E-state index >= 15 is 0 Å². The van der Waals surface area contributed by atoms with Gasteiger partial charge in [-0.3, -0.25) is 24.0 Å². The minimum absolute atomic E-state index is 0.0840. The van der Waals surface area contributed by atoms with Gasteiger partial charge < -0.3 is 29.0 Å². The smallest absolute Gasteiger partial charge is 0.305 e. The van der Waals surface area contributed by atoms with Crippen LogP contribution in [0.5, 0.6) is 0 Å². The monoisotopic (exact) mass is 587 g/mol. The Balaban J connectivity index is 1.87. The number of esters is 4. The summed E-state index contributed by atoms with van der Waals surface area (Å²) in [5, 5.41) is 4.97. The van der Waals surface area contributed by atoms with Gasteiger partial charge >= 0.3 is 23.9 Å². The van der Waals surface area contributed by atoms with Gasteiger partial charge in [-0.2, -0.15) is 0 Å². The Hall–Kier alpha value is -3.82. The van der Waals surface area contributed by atoms with E-state index in [-0.39, 0.29) is 13.0 Å². The molecule has 0 aromatic heterocycles. The fraction of sp³-hybridized carbons (Fsp3) is 0.414. The molecule has 1 aliphatic heterocycles. The van der Waals surface area contributed by atoms with Crippen molar-refractivity contribution in [3.05, 3.63) is 60.7 Å². The topological polar surface area (TPSA) is 144 Å². The summed E-state index contributed by atoms with van der Waals surface area (Å²) >= 11 is 0. The molecule has 1 N–H and O–H groups in total. The molecule has 12 heteroatoms. The van der Waals surface area contributed by atoms with E-state index in [2.05, 4.69) is 5.32 Å². The number of nitrogens with one attached hydrogen (secondary N) is 1. The maximum absolute atomic E-state index is 13.4. The van der Waals surface area contributed by atoms with Crippen LogP contribution >= 0.6 is 7.92 Å². The van der Waals surface area contributed by atoms with Crippen molar-refractivity contribution in [2.75, 3.05) is 12.8 Å². The summed E-state index contributed by atoms with van der Waals surface area (Å²) in [5.41, 5.74) is 0. The van der Waals surface area contributed by atoms with Gasteiger partial charge in [0, 0.05) is 34.1 Å². The van der Waals surface area contributed by atoms with Crippen molar-refractivity contribution in [1.82, 2.24) is 5.32 Å². The molecule has 1 saturated heterocycles. The zero-order valence-corrected chi connectivity index (χ0v) is 24.2. The first-order valence-corrected chi connectivity index (χ1v) is 14.5. The summed E-state index contributed by atoms with van der Waals surface area (Å²) in [4.78, 5) is 60.8. The highest BCUT2D eigenvalue weighted by Crippen LogP contribution is 2.34. The minimum Gasteiger partial charge on any atom is -0.463 e. The predicted octanol–water partition coefficient (Wildman–Crippen LogP) is 1.71. The van der Waals surface area contributed by atoms with Crippen LogP contribution in [0.4, 0.5) is 0 Å². The van der Waals surface area contributed by atoms with Gasteiger partial charge in [-0.05, 0) is 24.7 Å². The van der Waals surface area contributed by atoms with E-state index in [1.807, 2.05) is 60.7 Å². The first-order chi connectivity index (χ1) is 19.5. The lowest BCUT2D eigenvalue weighted by atomic mass is 9.96. The Labute approximate surface area is 239 Å². The van der Waals surface area contributed by atoms with Gasteiger partial charge in [-0.1, -0.05) is 60.7 Å². The van der Waals surface area contributed by atoms with E-state index in [9.17, 15) is 24.0 Å². The molecule has 0 saturated carbocycles. The Morgan fingerprint density at radius 2 is 1.24 bits per heavy atom. The summed E-state index contributed by atoms with van der Waals surface area (Å²) in [6.07, 6.45) is -4.60. The number of rotatable bonds is 11. The molecule has 0 spiro atoms. The van der Waals surface area contributed by atoms with Crippen LogP contribution in [-0.2, 0) is 47.7 Å². The normalized spacial score (nSPS) is 21.8. The summed E-state index contributed by atoms with van der Waals surface area (Å²) in [6.45, 7) is 4.24. The molecule has 0 unspecified atom stereocenters. The van der Waals surface area contributed by atoms with Crippen molar-refractivity contribution in [2.24, 2.45) is 0 Å². The molecule has 1 amide bonds. The van der Waals surface area contributed by atoms with Crippen molar-refractivity contribution < 1.29 is 47.7 Å². The molecular weight excluding hydrogens is 553 g/mol. The first kappa shape index (κ1) is 31.7. The van der Waals surface area contributed by atoms with Crippen LogP contribution in [0.1, 0.15) is 34.1 Å². The van der Waals surface area contributed by atoms with E-state index in [1.165, 1.54) is 6.92 Å². The standard InChI is InChI=1S/C29H34NO10P/c1-18(31)36-17-24-27(37-19(2)32)28(38-20(3)33)26(29(40-24)39-21(4)34)30-25(35)15-16-41(22-11-7-5-8-12-22)23-13-9-6-10-14-23/h5-14,24,26-29H,15-17H2,1-4H3,(H,30,35)/t24-,26-,27-,28-,29-/m1/s1. The number of carbonyl (C=O) groups is 5. The zero-order valence-electron chi connectivity index (χ0n) is 23.3. The highest BCUT2D eigenvalue weighted by Gasteiger charge is 2.52. The molecular formula is C29H34NO10P. The number of hydrogen-bond acceptors (Lipinski definition) is 10. The Kier molecular flexibility index (Phi) is 11.8. The van der Waals surface area contributed by atoms with E-state index < -0.39 is 68.3 Å². The second-order valence-corrected chi connectivity index (χ2v) is 11.6. The van der Waals surface area contributed by atoms with Crippen molar-refractivity contribution in [1.29, 1.82) is 0 Å². The number of benzene rings is 2. The second kappa shape index (κ2) is 15.3. The molecule has 5 atom stereocenters. The molecule has 1 aliphatic rings. The summed E-state index contributed by atoms with van der Waals surface area (Å²) in [7, 11) is -0.876. The van der Waals surface area contributed by atoms with Crippen molar-refractivity contribution in [3.8, 4) is 0 Å². The predicted molar refractivity (Wildman–Crippen MR) is 149 cm³/mol. The number of carbonyl (C=O) groups excluding carboxylic acids is 5.